The van der Waals surface area contributed by atoms with E-state index in [0.29, 0.717) is 12.2 Å². The molecule has 0 aliphatic rings. The summed E-state index contributed by atoms with van der Waals surface area (Å²) >= 11 is 1.76. The highest BCUT2D eigenvalue weighted by atomic mass is 32.2. The Bertz CT molecular complexity index is 790. The molecule has 2 aromatic carbocycles. The third-order valence-electron chi connectivity index (χ3n) is 3.82. The van der Waals surface area contributed by atoms with Crippen LogP contribution >= 0.6 is 11.8 Å². The van der Waals surface area contributed by atoms with E-state index in [4.69, 9.17) is 14.3 Å². The van der Waals surface area contributed by atoms with Gasteiger partial charge in [0.1, 0.15) is 12.2 Å². The Morgan fingerprint density at radius 2 is 1.82 bits per heavy atom. The first kappa shape index (κ1) is 21.6. The van der Waals surface area contributed by atoms with Crippen molar-refractivity contribution >= 4 is 29.5 Å². The number of nitrogens with zero attached hydrogens (tertiary/aromatic N) is 1. The third kappa shape index (κ3) is 7.12. The van der Waals surface area contributed by atoms with E-state index in [1.54, 1.807) is 18.0 Å². The summed E-state index contributed by atoms with van der Waals surface area (Å²) in [5.74, 6) is 1.25. The second-order valence-electron chi connectivity index (χ2n) is 5.80. The number of carbonyl (C=O) groups is 1. The van der Waals surface area contributed by atoms with Crippen molar-refractivity contribution in [2.24, 2.45) is 5.16 Å². The van der Waals surface area contributed by atoms with Gasteiger partial charge in [-0.05, 0) is 28.9 Å². The standard InChI is InChI=1S/C22H25NO4S/c1-25-16-21(22(24)26-2)20-12-7-6-11-19(20)17-28-14-8-13-23-27-15-18-9-4-3-5-10-18/h3-7,9-13,16H,8,14-15,17H2,1-2H3. The zero-order valence-corrected chi connectivity index (χ0v) is 17.0. The molecule has 0 fully saturated rings. The van der Waals surface area contributed by atoms with Gasteiger partial charge >= 0.3 is 5.97 Å². The van der Waals surface area contributed by atoms with Crippen molar-refractivity contribution in [3.05, 3.63) is 77.5 Å². The minimum atomic E-state index is -0.415. The molecule has 0 aromatic heterocycles. The number of thioether (sulfide) groups is 1. The van der Waals surface area contributed by atoms with Gasteiger partial charge in [-0.25, -0.2) is 4.79 Å². The Morgan fingerprint density at radius 3 is 2.57 bits per heavy atom. The fourth-order valence-corrected chi connectivity index (χ4v) is 3.36. The van der Waals surface area contributed by atoms with E-state index in [2.05, 4.69) is 5.16 Å². The van der Waals surface area contributed by atoms with Crippen LogP contribution in [0.3, 0.4) is 0 Å². The maximum Gasteiger partial charge on any atom is 0.341 e. The normalized spacial score (nSPS) is 11.4. The lowest BCUT2D eigenvalue weighted by atomic mass is 10.0. The van der Waals surface area contributed by atoms with Crippen LogP contribution in [-0.2, 0) is 31.5 Å². The number of hydrogen-bond donors (Lipinski definition) is 0. The predicted molar refractivity (Wildman–Crippen MR) is 114 cm³/mol. The summed E-state index contributed by atoms with van der Waals surface area (Å²) < 4.78 is 9.91. The molecule has 0 N–H and O–H groups in total. The molecule has 0 radical (unpaired) electrons. The number of hydrogen-bond acceptors (Lipinski definition) is 6. The number of rotatable bonds is 11. The first-order valence-corrected chi connectivity index (χ1v) is 10.1. The highest BCUT2D eigenvalue weighted by Gasteiger charge is 2.16. The smallest absolute Gasteiger partial charge is 0.341 e. The van der Waals surface area contributed by atoms with Crippen LogP contribution in [0, 0.1) is 0 Å². The van der Waals surface area contributed by atoms with E-state index >= 15 is 0 Å². The molecule has 0 aliphatic carbocycles. The average Bonchev–Trinajstić information content (AvgIpc) is 2.74. The summed E-state index contributed by atoms with van der Waals surface area (Å²) in [5, 5.41) is 3.99. The van der Waals surface area contributed by atoms with Gasteiger partial charge in [0.15, 0.2) is 0 Å². The van der Waals surface area contributed by atoms with Gasteiger partial charge in [-0.15, -0.1) is 0 Å². The Labute approximate surface area is 170 Å². The Hall–Kier alpha value is -2.73. The molecule has 28 heavy (non-hydrogen) atoms. The summed E-state index contributed by atoms with van der Waals surface area (Å²) in [4.78, 5) is 17.3. The monoisotopic (exact) mass is 399 g/mol. The second kappa shape index (κ2) is 12.6. The van der Waals surface area contributed by atoms with E-state index in [0.717, 1.165) is 34.6 Å². The summed E-state index contributed by atoms with van der Waals surface area (Å²) in [6, 6.07) is 17.7. The van der Waals surface area contributed by atoms with E-state index in [1.165, 1.54) is 20.5 Å². The molecular weight excluding hydrogens is 374 g/mol. The second-order valence-corrected chi connectivity index (χ2v) is 6.91. The summed E-state index contributed by atoms with van der Waals surface area (Å²) in [5.41, 5.74) is 3.38. The van der Waals surface area contributed by atoms with Gasteiger partial charge in [-0.3, -0.25) is 0 Å². The van der Waals surface area contributed by atoms with Crippen molar-refractivity contribution in [3.63, 3.8) is 0 Å². The van der Waals surface area contributed by atoms with E-state index in [-0.39, 0.29) is 0 Å². The fourth-order valence-electron chi connectivity index (χ4n) is 2.47. The lowest BCUT2D eigenvalue weighted by Gasteiger charge is -2.11. The summed E-state index contributed by atoms with van der Waals surface area (Å²) in [6.45, 7) is 0.472. The SMILES string of the molecule is COC=C(C(=O)OC)c1ccccc1CSCCC=NOCc1ccccc1. The molecule has 0 amide bonds. The number of oxime groups is 1. The number of benzene rings is 2. The van der Waals surface area contributed by atoms with Gasteiger partial charge in [-0.2, -0.15) is 11.8 Å². The highest BCUT2D eigenvalue weighted by Crippen LogP contribution is 2.24. The van der Waals surface area contributed by atoms with Crippen molar-refractivity contribution in [2.45, 2.75) is 18.8 Å². The average molecular weight is 400 g/mol. The molecular formula is C22H25NO4S. The number of esters is 1. The quantitative estimate of drug-likeness (QED) is 0.137. The van der Waals surface area contributed by atoms with Crippen LogP contribution in [-0.4, -0.2) is 32.2 Å². The van der Waals surface area contributed by atoms with Gasteiger partial charge in [0.2, 0.25) is 0 Å². The zero-order valence-electron chi connectivity index (χ0n) is 16.2. The van der Waals surface area contributed by atoms with E-state index < -0.39 is 5.97 Å². The van der Waals surface area contributed by atoms with Gasteiger partial charge in [0.25, 0.3) is 0 Å². The van der Waals surface area contributed by atoms with Crippen LogP contribution in [0.1, 0.15) is 23.1 Å². The zero-order chi connectivity index (χ0) is 20.0. The lowest BCUT2D eigenvalue weighted by Crippen LogP contribution is -2.06. The number of methoxy groups -OCH3 is 2. The van der Waals surface area contributed by atoms with E-state index in [1.807, 2.05) is 54.6 Å². The molecule has 0 aliphatic heterocycles. The molecule has 0 saturated carbocycles. The largest absolute Gasteiger partial charge is 0.503 e. The Balaban J connectivity index is 1.79. The molecule has 0 atom stereocenters. The molecule has 2 rings (SSSR count). The topological polar surface area (TPSA) is 57.1 Å². The fraction of sp³-hybridized carbons (Fsp3) is 0.273. The third-order valence-corrected chi connectivity index (χ3v) is 4.86. The molecule has 0 unspecified atom stereocenters. The molecule has 6 heteroatoms. The van der Waals surface area contributed by atoms with Crippen LogP contribution in [0.25, 0.3) is 5.57 Å². The van der Waals surface area contributed by atoms with Crippen LogP contribution in [0.15, 0.2) is 66.0 Å². The van der Waals surface area contributed by atoms with Crippen LogP contribution in [0.4, 0.5) is 0 Å². The van der Waals surface area contributed by atoms with Crippen molar-refractivity contribution < 1.29 is 19.1 Å². The molecule has 0 spiro atoms. The summed E-state index contributed by atoms with van der Waals surface area (Å²) in [7, 11) is 2.88. The van der Waals surface area contributed by atoms with Gasteiger partial charge < -0.3 is 14.3 Å². The van der Waals surface area contributed by atoms with Crippen molar-refractivity contribution in [2.75, 3.05) is 20.0 Å². The van der Waals surface area contributed by atoms with Crippen molar-refractivity contribution in [1.29, 1.82) is 0 Å². The van der Waals surface area contributed by atoms with Gasteiger partial charge in [0.05, 0.1) is 20.5 Å². The first-order valence-electron chi connectivity index (χ1n) is 8.91. The molecule has 0 saturated heterocycles. The maximum absolute atomic E-state index is 12.0. The van der Waals surface area contributed by atoms with E-state index in [9.17, 15) is 4.79 Å². The number of carbonyl (C=O) groups excluding carboxylic acids is 1. The molecule has 2 aromatic rings. The number of ether oxygens (including phenoxy) is 2. The van der Waals surface area contributed by atoms with Crippen molar-refractivity contribution in [3.8, 4) is 0 Å². The first-order chi connectivity index (χ1) is 13.8. The lowest BCUT2D eigenvalue weighted by molar-refractivity contribution is -0.133. The van der Waals surface area contributed by atoms with Crippen molar-refractivity contribution in [1.82, 2.24) is 0 Å². The Morgan fingerprint density at radius 1 is 1.07 bits per heavy atom. The minimum absolute atomic E-state index is 0.414. The molecule has 5 nitrogen and oxygen atoms in total. The van der Waals surface area contributed by atoms with Crippen LogP contribution in [0.2, 0.25) is 0 Å². The summed E-state index contributed by atoms with van der Waals surface area (Å²) in [6.07, 6.45) is 4.01. The minimum Gasteiger partial charge on any atom is -0.503 e. The van der Waals surface area contributed by atoms with Crippen LogP contribution < -0.4 is 0 Å². The molecule has 0 bridgehead atoms. The molecule has 148 valence electrons. The maximum atomic E-state index is 12.0. The highest BCUT2D eigenvalue weighted by molar-refractivity contribution is 7.98. The Kier molecular flexibility index (Phi) is 9.72. The predicted octanol–water partition coefficient (Wildman–Crippen LogP) is 4.67. The molecule has 0 heterocycles. The van der Waals surface area contributed by atoms with Crippen LogP contribution in [0.5, 0.6) is 0 Å². The van der Waals surface area contributed by atoms with Gasteiger partial charge in [0, 0.05) is 12.0 Å². The van der Waals surface area contributed by atoms with Gasteiger partial charge in [-0.1, -0.05) is 59.8 Å².